The van der Waals surface area contributed by atoms with Gasteiger partial charge >= 0.3 is 5.97 Å². The van der Waals surface area contributed by atoms with Crippen LogP contribution in [0.1, 0.15) is 20.3 Å². The summed E-state index contributed by atoms with van der Waals surface area (Å²) in [5.74, 6) is -1.02. The highest BCUT2D eigenvalue weighted by Crippen LogP contribution is 2.64. The van der Waals surface area contributed by atoms with Gasteiger partial charge in [0.25, 0.3) is 5.91 Å². The SMILES string of the molecule is C[C@H](OC(=O)[C@@]1(C)CC1(Cl)Cl)C(=O)Nc1ccc(Cl)cc1. The van der Waals surface area contributed by atoms with Gasteiger partial charge in [-0.2, -0.15) is 0 Å². The second-order valence-electron chi connectivity index (χ2n) is 5.26. The molecule has 2 rings (SSSR count). The Morgan fingerprint density at radius 1 is 1.29 bits per heavy atom. The average molecular weight is 351 g/mol. The third-order valence-corrected chi connectivity index (χ3v) is 4.83. The van der Waals surface area contributed by atoms with E-state index in [1.165, 1.54) is 6.92 Å². The minimum atomic E-state index is -1.11. The average Bonchev–Trinajstić information content (AvgIpc) is 2.92. The third-order valence-electron chi connectivity index (χ3n) is 3.47. The molecule has 0 bridgehead atoms. The summed E-state index contributed by atoms with van der Waals surface area (Å²) >= 11 is 17.6. The van der Waals surface area contributed by atoms with Crippen LogP contribution in [-0.2, 0) is 14.3 Å². The van der Waals surface area contributed by atoms with E-state index in [9.17, 15) is 9.59 Å². The molecule has 1 fully saturated rings. The van der Waals surface area contributed by atoms with Crippen LogP contribution in [-0.4, -0.2) is 22.3 Å². The summed E-state index contributed by atoms with van der Waals surface area (Å²) in [6.07, 6.45) is -0.636. The molecule has 0 aromatic heterocycles. The molecule has 0 radical (unpaired) electrons. The van der Waals surface area contributed by atoms with Crippen molar-refractivity contribution in [1.29, 1.82) is 0 Å². The monoisotopic (exact) mass is 349 g/mol. The zero-order chi connectivity index (χ0) is 15.8. The number of hydrogen-bond donors (Lipinski definition) is 1. The summed E-state index contributed by atoms with van der Waals surface area (Å²) in [5, 5.41) is 3.19. The molecule has 1 saturated carbocycles. The van der Waals surface area contributed by atoms with Crippen LogP contribution in [0.2, 0.25) is 5.02 Å². The maximum atomic E-state index is 12.0. The van der Waals surface area contributed by atoms with Gasteiger partial charge in [0, 0.05) is 17.1 Å². The van der Waals surface area contributed by atoms with E-state index in [0.717, 1.165) is 0 Å². The minimum Gasteiger partial charge on any atom is -0.452 e. The molecule has 1 aromatic rings. The molecule has 1 aromatic carbocycles. The van der Waals surface area contributed by atoms with Crippen LogP contribution in [0.4, 0.5) is 5.69 Å². The molecule has 114 valence electrons. The quantitative estimate of drug-likeness (QED) is 0.664. The lowest BCUT2D eigenvalue weighted by molar-refractivity contribution is -0.158. The number of amides is 1. The van der Waals surface area contributed by atoms with Gasteiger partial charge < -0.3 is 10.1 Å². The Balaban J connectivity index is 1.91. The number of ether oxygens (including phenoxy) is 1. The van der Waals surface area contributed by atoms with E-state index in [1.807, 2.05) is 0 Å². The summed E-state index contributed by atoms with van der Waals surface area (Å²) in [6, 6.07) is 6.60. The molecule has 1 aliphatic carbocycles. The Bertz CT molecular complexity index is 573. The van der Waals surface area contributed by atoms with Crippen molar-refractivity contribution in [2.24, 2.45) is 5.41 Å². The number of nitrogens with one attached hydrogen (secondary N) is 1. The molecule has 0 unspecified atom stereocenters. The summed E-state index contributed by atoms with van der Waals surface area (Å²) in [4.78, 5) is 23.9. The summed E-state index contributed by atoms with van der Waals surface area (Å²) < 4.78 is 4.01. The van der Waals surface area contributed by atoms with Gasteiger partial charge in [-0.15, -0.1) is 23.2 Å². The number of alkyl halides is 2. The molecule has 1 amide bonds. The molecule has 1 N–H and O–H groups in total. The van der Waals surface area contributed by atoms with E-state index in [0.29, 0.717) is 17.1 Å². The van der Waals surface area contributed by atoms with Gasteiger partial charge in [-0.1, -0.05) is 11.6 Å². The van der Waals surface area contributed by atoms with E-state index < -0.39 is 27.7 Å². The maximum Gasteiger partial charge on any atom is 0.315 e. The predicted molar refractivity (Wildman–Crippen MR) is 82.8 cm³/mol. The highest BCUT2D eigenvalue weighted by atomic mass is 35.5. The first-order valence-corrected chi connectivity index (χ1v) is 7.44. The second kappa shape index (κ2) is 5.67. The molecule has 7 heteroatoms. The van der Waals surface area contributed by atoms with Gasteiger partial charge in [0.2, 0.25) is 0 Å². The Morgan fingerprint density at radius 3 is 2.29 bits per heavy atom. The van der Waals surface area contributed by atoms with Crippen molar-refractivity contribution in [2.75, 3.05) is 5.32 Å². The van der Waals surface area contributed by atoms with E-state index in [4.69, 9.17) is 39.5 Å². The lowest BCUT2D eigenvalue weighted by Crippen LogP contribution is -2.33. The predicted octanol–water partition coefficient (Wildman–Crippen LogP) is 3.79. The normalized spacial score (nSPS) is 24.0. The van der Waals surface area contributed by atoms with Gasteiger partial charge in [-0.05, 0) is 38.1 Å². The second-order valence-corrected chi connectivity index (χ2v) is 7.18. The number of carbonyl (C=O) groups is 2. The van der Waals surface area contributed by atoms with Gasteiger partial charge in [-0.3, -0.25) is 9.59 Å². The Kier molecular flexibility index (Phi) is 4.43. The first-order valence-electron chi connectivity index (χ1n) is 6.31. The van der Waals surface area contributed by atoms with Crippen LogP contribution < -0.4 is 5.32 Å². The minimum absolute atomic E-state index is 0.313. The first-order chi connectivity index (χ1) is 9.65. The smallest absolute Gasteiger partial charge is 0.315 e. The van der Waals surface area contributed by atoms with Crippen molar-refractivity contribution >= 4 is 52.4 Å². The van der Waals surface area contributed by atoms with Crippen LogP contribution in [0.15, 0.2) is 24.3 Å². The lowest BCUT2D eigenvalue weighted by atomic mass is 10.1. The van der Waals surface area contributed by atoms with Crippen LogP contribution >= 0.6 is 34.8 Å². The number of benzene rings is 1. The zero-order valence-corrected chi connectivity index (χ0v) is 13.7. The van der Waals surface area contributed by atoms with E-state index in [-0.39, 0.29) is 0 Å². The topological polar surface area (TPSA) is 55.4 Å². The van der Waals surface area contributed by atoms with E-state index in [1.54, 1.807) is 31.2 Å². The van der Waals surface area contributed by atoms with E-state index in [2.05, 4.69) is 5.32 Å². The number of carbonyl (C=O) groups excluding carboxylic acids is 2. The van der Waals surface area contributed by atoms with Crippen LogP contribution in [0.25, 0.3) is 0 Å². The lowest BCUT2D eigenvalue weighted by Gasteiger charge is -2.17. The fourth-order valence-electron chi connectivity index (χ4n) is 1.74. The molecule has 0 spiro atoms. The Morgan fingerprint density at radius 2 is 1.81 bits per heavy atom. The summed E-state index contributed by atoms with van der Waals surface area (Å²) in [7, 11) is 0. The van der Waals surface area contributed by atoms with Crippen molar-refractivity contribution in [3.8, 4) is 0 Å². The molecule has 21 heavy (non-hydrogen) atoms. The number of hydrogen-bond acceptors (Lipinski definition) is 3. The van der Waals surface area contributed by atoms with Gasteiger partial charge in [0.1, 0.15) is 9.75 Å². The molecule has 0 saturated heterocycles. The standard InChI is InChI=1S/C14H14Cl3NO3/c1-8(21-12(20)13(2)7-14(13,16)17)11(19)18-10-5-3-9(15)4-6-10/h3-6,8H,7H2,1-2H3,(H,18,19)/t8-,13+/m0/s1. The maximum absolute atomic E-state index is 12.0. The highest BCUT2D eigenvalue weighted by molar-refractivity contribution is 6.53. The van der Waals surface area contributed by atoms with Crippen LogP contribution in [0.3, 0.4) is 0 Å². The number of esters is 1. The van der Waals surface area contributed by atoms with Gasteiger partial charge in [0.15, 0.2) is 6.10 Å². The summed E-state index contributed by atoms with van der Waals surface area (Å²) in [5.41, 5.74) is -0.390. The third kappa shape index (κ3) is 3.44. The van der Waals surface area contributed by atoms with Crippen molar-refractivity contribution in [3.63, 3.8) is 0 Å². The fourth-order valence-corrected chi connectivity index (χ4v) is 2.56. The van der Waals surface area contributed by atoms with Crippen LogP contribution in [0.5, 0.6) is 0 Å². The van der Waals surface area contributed by atoms with Crippen molar-refractivity contribution in [2.45, 2.75) is 30.7 Å². The van der Waals surface area contributed by atoms with Crippen LogP contribution in [0, 0.1) is 5.41 Å². The van der Waals surface area contributed by atoms with Crippen molar-refractivity contribution in [1.82, 2.24) is 0 Å². The molecule has 0 aliphatic heterocycles. The Hall–Kier alpha value is -0.970. The van der Waals surface area contributed by atoms with Gasteiger partial charge in [0.05, 0.1) is 0 Å². The zero-order valence-electron chi connectivity index (χ0n) is 11.5. The van der Waals surface area contributed by atoms with E-state index >= 15 is 0 Å². The van der Waals surface area contributed by atoms with Crippen molar-refractivity contribution < 1.29 is 14.3 Å². The number of anilines is 1. The molecule has 0 heterocycles. The molecular formula is C14H14Cl3NO3. The molecule has 1 aliphatic rings. The summed E-state index contributed by atoms with van der Waals surface area (Å²) in [6.45, 7) is 3.10. The molecular weight excluding hydrogens is 337 g/mol. The first kappa shape index (κ1) is 16.4. The molecule has 4 nitrogen and oxygen atoms in total. The van der Waals surface area contributed by atoms with Gasteiger partial charge in [-0.25, -0.2) is 0 Å². The Labute approximate surface area is 137 Å². The number of halogens is 3. The fraction of sp³-hybridized carbons (Fsp3) is 0.429. The largest absolute Gasteiger partial charge is 0.452 e. The number of rotatable bonds is 4. The highest BCUT2D eigenvalue weighted by Gasteiger charge is 2.69. The molecule has 2 atom stereocenters. The van der Waals surface area contributed by atoms with Crippen molar-refractivity contribution in [3.05, 3.63) is 29.3 Å².